The van der Waals surface area contributed by atoms with Crippen LogP contribution in [0.4, 0.5) is 11.6 Å². The lowest BCUT2D eigenvalue weighted by Crippen LogP contribution is -2.47. The number of fused-ring (bicyclic) bond motifs is 4. The number of aromatic nitrogens is 2. The molecule has 2 spiro atoms. The summed E-state index contributed by atoms with van der Waals surface area (Å²) < 4.78 is 1.59. The van der Waals surface area contributed by atoms with Crippen LogP contribution in [0.2, 0.25) is 10.0 Å². The number of rotatable bonds is 0. The first-order valence-electron chi connectivity index (χ1n) is 10.9. The number of nitrogens with zero attached hydrogens (tertiary/aromatic N) is 2. The summed E-state index contributed by atoms with van der Waals surface area (Å²) in [5, 5.41) is 13.7. The molecule has 2 aromatic heterocycles. The smallest absolute Gasteiger partial charge is 0.220 e. The van der Waals surface area contributed by atoms with Crippen molar-refractivity contribution in [2.45, 2.75) is 36.5 Å². The van der Waals surface area contributed by atoms with E-state index in [-0.39, 0.29) is 22.6 Å². The second kappa shape index (κ2) is 9.11. The molecule has 4 aliphatic heterocycles. The predicted molar refractivity (Wildman–Crippen MR) is 139 cm³/mol. The summed E-state index contributed by atoms with van der Waals surface area (Å²) in [5.74, 6) is 1.85. The van der Waals surface area contributed by atoms with Gasteiger partial charge in [-0.15, -0.1) is 0 Å². The topological polar surface area (TPSA) is 108 Å². The van der Waals surface area contributed by atoms with Gasteiger partial charge in [0.15, 0.2) is 0 Å². The Labute approximate surface area is 223 Å². The molecule has 0 aromatic carbocycles. The molecule has 34 heavy (non-hydrogen) atoms. The zero-order valence-electron chi connectivity index (χ0n) is 18.0. The minimum Gasteiger partial charge on any atom is -0.369 e. The van der Waals surface area contributed by atoms with Crippen LogP contribution in [0, 0.1) is 0 Å². The van der Waals surface area contributed by atoms with Crippen molar-refractivity contribution in [2.24, 2.45) is 0 Å². The van der Waals surface area contributed by atoms with Gasteiger partial charge in [0.05, 0.1) is 19.0 Å². The third kappa shape index (κ3) is 4.06. The number of hydrogen-bond donors (Lipinski definition) is 4. The summed E-state index contributed by atoms with van der Waals surface area (Å²) >= 11 is 19.5. The van der Waals surface area contributed by atoms with Gasteiger partial charge in [-0.1, -0.05) is 23.2 Å². The standard InChI is InChI=1S/2C11H11BrClN3O/c12-6-4-15-10-8(9(6)13)11(5-16-10)1-2-14-7(17)3-11;12-6-3-14-10-8(9(6)13)11(5-16-10)2-1-7(17)15-4-11/h4H,1-3,5H2,(H,14,17)(H,15,16);3H,1-2,4-5H2,(H,14,16)(H,15,17). The Morgan fingerprint density at radius 2 is 1.32 bits per heavy atom. The molecule has 0 radical (unpaired) electrons. The van der Waals surface area contributed by atoms with Gasteiger partial charge in [0.1, 0.15) is 11.6 Å². The maximum atomic E-state index is 11.6. The fourth-order valence-corrected chi connectivity index (χ4v) is 6.55. The Hall–Kier alpha value is -1.62. The second-order valence-electron chi connectivity index (χ2n) is 9.11. The van der Waals surface area contributed by atoms with Crippen LogP contribution in [0.3, 0.4) is 0 Å². The predicted octanol–water partition coefficient (Wildman–Crippen LogP) is 4.14. The first-order chi connectivity index (χ1) is 16.2. The zero-order chi connectivity index (χ0) is 24.1. The highest BCUT2D eigenvalue weighted by atomic mass is 79.9. The van der Waals surface area contributed by atoms with Gasteiger partial charge in [-0.3, -0.25) is 9.59 Å². The highest BCUT2D eigenvalue weighted by Gasteiger charge is 2.46. The van der Waals surface area contributed by atoms with E-state index in [1.54, 1.807) is 12.4 Å². The SMILES string of the molecule is O=C1CC2(CCN1)CNc1ncc(Br)c(Cl)c12.O=C1CCC2(CN1)CNc1ncc(Br)c(Cl)c12. The molecule has 2 fully saturated rings. The minimum absolute atomic E-state index is 0.0851. The summed E-state index contributed by atoms with van der Waals surface area (Å²) in [6.45, 7) is 2.84. The number of carbonyl (C=O) groups excluding carboxylic acids is 2. The van der Waals surface area contributed by atoms with Crippen LogP contribution in [0.25, 0.3) is 0 Å². The van der Waals surface area contributed by atoms with Gasteiger partial charge >= 0.3 is 0 Å². The lowest BCUT2D eigenvalue weighted by Gasteiger charge is -2.33. The number of nitrogens with one attached hydrogen (secondary N) is 4. The molecular weight excluding hydrogens is 611 g/mol. The molecule has 4 N–H and O–H groups in total. The lowest BCUT2D eigenvalue weighted by molar-refractivity contribution is -0.124. The Kier molecular flexibility index (Phi) is 6.46. The van der Waals surface area contributed by atoms with Gasteiger partial charge < -0.3 is 21.3 Å². The molecule has 2 unspecified atom stereocenters. The van der Waals surface area contributed by atoms with Gasteiger partial charge in [-0.2, -0.15) is 0 Å². The van der Waals surface area contributed by atoms with Gasteiger partial charge in [-0.05, 0) is 44.7 Å². The van der Waals surface area contributed by atoms with Crippen molar-refractivity contribution >= 4 is 78.5 Å². The van der Waals surface area contributed by atoms with E-state index >= 15 is 0 Å². The minimum atomic E-state index is -0.189. The average Bonchev–Trinajstić information content (AvgIpc) is 3.35. The van der Waals surface area contributed by atoms with Crippen LogP contribution in [0.1, 0.15) is 36.8 Å². The fourth-order valence-electron chi connectivity index (χ4n) is 5.28. The molecular formula is C22H22Br2Cl2N6O2. The van der Waals surface area contributed by atoms with Crippen LogP contribution in [-0.2, 0) is 20.4 Å². The van der Waals surface area contributed by atoms with Crippen LogP contribution < -0.4 is 21.3 Å². The van der Waals surface area contributed by atoms with E-state index in [0.717, 1.165) is 57.6 Å². The van der Waals surface area contributed by atoms with Gasteiger partial charge in [-0.25, -0.2) is 9.97 Å². The number of anilines is 2. The van der Waals surface area contributed by atoms with E-state index in [1.807, 2.05) is 0 Å². The summed E-state index contributed by atoms with van der Waals surface area (Å²) in [7, 11) is 0. The normalized spacial score (nSPS) is 26.6. The summed E-state index contributed by atoms with van der Waals surface area (Å²) in [6, 6.07) is 0. The molecule has 180 valence electrons. The molecule has 2 atom stereocenters. The lowest BCUT2D eigenvalue weighted by atomic mass is 9.75. The van der Waals surface area contributed by atoms with Crippen LogP contribution in [0.15, 0.2) is 21.3 Å². The first kappa shape index (κ1) is 24.1. The molecule has 8 nitrogen and oxygen atoms in total. The average molecular weight is 633 g/mol. The maximum absolute atomic E-state index is 11.6. The molecule has 0 bridgehead atoms. The molecule has 2 amide bonds. The highest BCUT2D eigenvalue weighted by Crippen LogP contribution is 2.48. The number of halogens is 4. The molecule has 2 aromatic rings. The Morgan fingerprint density at radius 1 is 0.765 bits per heavy atom. The van der Waals surface area contributed by atoms with E-state index in [9.17, 15) is 9.59 Å². The van der Waals surface area contributed by atoms with Crippen molar-refractivity contribution in [3.63, 3.8) is 0 Å². The van der Waals surface area contributed by atoms with Crippen LogP contribution in [-0.4, -0.2) is 48.0 Å². The van der Waals surface area contributed by atoms with Crippen molar-refractivity contribution in [3.8, 4) is 0 Å². The fraction of sp³-hybridized carbons (Fsp3) is 0.455. The zero-order valence-corrected chi connectivity index (χ0v) is 22.7. The van der Waals surface area contributed by atoms with Crippen molar-refractivity contribution in [3.05, 3.63) is 42.5 Å². The van der Waals surface area contributed by atoms with E-state index < -0.39 is 0 Å². The summed E-state index contributed by atoms with van der Waals surface area (Å²) in [5.41, 5.74) is 1.74. The number of carbonyl (C=O) groups is 2. The Morgan fingerprint density at radius 3 is 1.88 bits per heavy atom. The van der Waals surface area contributed by atoms with Gasteiger partial charge in [0.25, 0.3) is 0 Å². The van der Waals surface area contributed by atoms with Crippen molar-refractivity contribution in [2.75, 3.05) is 36.8 Å². The van der Waals surface area contributed by atoms with Crippen LogP contribution in [0.5, 0.6) is 0 Å². The van der Waals surface area contributed by atoms with Crippen molar-refractivity contribution in [1.29, 1.82) is 0 Å². The monoisotopic (exact) mass is 630 g/mol. The molecule has 4 aliphatic rings. The van der Waals surface area contributed by atoms with Gasteiger partial charge in [0, 0.05) is 73.4 Å². The quantitative estimate of drug-likeness (QED) is 0.348. The molecule has 6 heterocycles. The highest BCUT2D eigenvalue weighted by molar-refractivity contribution is 9.10. The summed E-state index contributed by atoms with van der Waals surface area (Å²) in [4.78, 5) is 31.5. The van der Waals surface area contributed by atoms with E-state index in [1.165, 1.54) is 0 Å². The molecule has 0 aliphatic carbocycles. The molecule has 2 saturated heterocycles. The molecule has 6 rings (SSSR count). The number of pyridine rings is 2. The second-order valence-corrected chi connectivity index (χ2v) is 11.6. The van der Waals surface area contributed by atoms with Crippen molar-refractivity contribution in [1.82, 2.24) is 20.6 Å². The number of piperidine rings is 2. The summed E-state index contributed by atoms with van der Waals surface area (Å²) in [6.07, 6.45) is 6.13. The Bertz CT molecular complexity index is 1180. The first-order valence-corrected chi connectivity index (χ1v) is 13.3. The maximum Gasteiger partial charge on any atom is 0.220 e. The van der Waals surface area contributed by atoms with Crippen LogP contribution >= 0.6 is 55.1 Å². The van der Waals surface area contributed by atoms with Crippen molar-refractivity contribution < 1.29 is 9.59 Å². The largest absolute Gasteiger partial charge is 0.369 e. The number of amides is 2. The third-order valence-corrected chi connectivity index (χ3v) is 9.52. The van der Waals surface area contributed by atoms with E-state index in [0.29, 0.717) is 36.0 Å². The third-order valence-electron chi connectivity index (χ3n) is 7.07. The van der Waals surface area contributed by atoms with E-state index in [2.05, 4.69) is 63.1 Å². The number of hydrogen-bond acceptors (Lipinski definition) is 6. The van der Waals surface area contributed by atoms with E-state index in [4.69, 9.17) is 23.2 Å². The Balaban J connectivity index is 0.000000142. The molecule has 0 saturated carbocycles. The molecule has 12 heteroatoms. The van der Waals surface area contributed by atoms with Gasteiger partial charge in [0.2, 0.25) is 11.8 Å².